The van der Waals surface area contributed by atoms with Gasteiger partial charge in [0.25, 0.3) is 5.56 Å². The summed E-state index contributed by atoms with van der Waals surface area (Å²) in [6.07, 6.45) is 8.35. The van der Waals surface area contributed by atoms with E-state index in [1.807, 2.05) is 42.7 Å². The van der Waals surface area contributed by atoms with Crippen molar-refractivity contribution in [2.75, 3.05) is 13.2 Å². The highest BCUT2D eigenvalue weighted by atomic mass is 35.5. The normalized spacial score (nSPS) is 10.1. The number of pyridine rings is 3. The Bertz CT molecular complexity index is 1240. The van der Waals surface area contributed by atoms with E-state index in [0.717, 1.165) is 54.7 Å². The molecule has 0 bridgehead atoms. The lowest BCUT2D eigenvalue weighted by atomic mass is 10.1. The van der Waals surface area contributed by atoms with Gasteiger partial charge in [-0.25, -0.2) is 0 Å². The first-order chi connectivity index (χ1) is 15.7. The molecule has 0 aliphatic carbocycles. The van der Waals surface area contributed by atoms with Gasteiger partial charge in [0.2, 0.25) is 0 Å². The van der Waals surface area contributed by atoms with Crippen LogP contribution in [0.1, 0.15) is 23.2 Å². The Labute approximate surface area is 224 Å². The van der Waals surface area contributed by atoms with Gasteiger partial charge in [0, 0.05) is 49.3 Å². The van der Waals surface area contributed by atoms with Crippen molar-refractivity contribution in [3.63, 3.8) is 0 Å². The molecule has 188 valence electrons. The Morgan fingerprint density at radius 2 is 1.80 bits per heavy atom. The van der Waals surface area contributed by atoms with E-state index in [2.05, 4.69) is 33.5 Å². The Morgan fingerprint density at radius 1 is 0.943 bits per heavy atom. The predicted octanol–water partition coefficient (Wildman–Crippen LogP) is 4.94. The highest BCUT2D eigenvalue weighted by molar-refractivity contribution is 5.86. The summed E-state index contributed by atoms with van der Waals surface area (Å²) >= 11 is 0. The molecular formula is C26H31Cl3N4O2. The van der Waals surface area contributed by atoms with Gasteiger partial charge in [-0.2, -0.15) is 0 Å². The van der Waals surface area contributed by atoms with Crippen molar-refractivity contribution in [1.82, 2.24) is 19.9 Å². The molecule has 9 heteroatoms. The zero-order chi connectivity index (χ0) is 22.2. The lowest BCUT2D eigenvalue weighted by molar-refractivity contribution is 0.308. The fourth-order valence-corrected chi connectivity index (χ4v) is 3.67. The van der Waals surface area contributed by atoms with Crippen molar-refractivity contribution in [2.24, 2.45) is 7.05 Å². The van der Waals surface area contributed by atoms with Gasteiger partial charge in [-0.05, 0) is 79.4 Å². The molecule has 0 amide bonds. The second kappa shape index (κ2) is 15.4. The summed E-state index contributed by atoms with van der Waals surface area (Å²) in [5.41, 5.74) is 4.47. The van der Waals surface area contributed by atoms with Crippen molar-refractivity contribution in [3.8, 4) is 5.75 Å². The van der Waals surface area contributed by atoms with Gasteiger partial charge in [-0.1, -0.05) is 6.07 Å². The fraction of sp³-hybridized carbons (Fsp3) is 0.269. The van der Waals surface area contributed by atoms with Gasteiger partial charge in [0.05, 0.1) is 12.1 Å². The molecule has 0 aliphatic heterocycles. The zero-order valence-corrected chi connectivity index (χ0v) is 22.0. The molecule has 0 saturated heterocycles. The molecule has 1 N–H and O–H groups in total. The van der Waals surface area contributed by atoms with Crippen LogP contribution in [0.2, 0.25) is 0 Å². The molecule has 0 aliphatic rings. The summed E-state index contributed by atoms with van der Waals surface area (Å²) in [5.74, 6) is 0.823. The fourth-order valence-electron chi connectivity index (χ4n) is 3.67. The van der Waals surface area contributed by atoms with Crippen LogP contribution in [0.5, 0.6) is 5.75 Å². The Morgan fingerprint density at radius 3 is 2.60 bits per heavy atom. The van der Waals surface area contributed by atoms with Gasteiger partial charge in [-0.15, -0.1) is 37.2 Å². The summed E-state index contributed by atoms with van der Waals surface area (Å²) in [6.45, 7) is 2.32. The third-order valence-corrected chi connectivity index (χ3v) is 5.47. The Balaban J connectivity index is 0.00000204. The van der Waals surface area contributed by atoms with Gasteiger partial charge < -0.3 is 14.6 Å². The van der Waals surface area contributed by atoms with E-state index in [1.54, 1.807) is 23.9 Å². The van der Waals surface area contributed by atoms with Gasteiger partial charge in [-0.3, -0.25) is 14.8 Å². The topological polar surface area (TPSA) is 69.0 Å². The number of fused-ring (bicyclic) bond motifs is 1. The van der Waals surface area contributed by atoms with Crippen LogP contribution in [0.3, 0.4) is 0 Å². The Kier molecular flexibility index (Phi) is 13.3. The molecule has 0 atom stereocenters. The van der Waals surface area contributed by atoms with Crippen molar-refractivity contribution >= 4 is 48.1 Å². The molecule has 4 rings (SSSR count). The molecule has 6 nitrogen and oxygen atoms in total. The first-order valence-corrected chi connectivity index (χ1v) is 10.9. The predicted molar refractivity (Wildman–Crippen MR) is 149 cm³/mol. The maximum atomic E-state index is 11.7. The third kappa shape index (κ3) is 8.82. The van der Waals surface area contributed by atoms with Gasteiger partial charge in [0.1, 0.15) is 5.75 Å². The Hall–Kier alpha value is -2.64. The molecule has 3 aromatic heterocycles. The number of rotatable bonds is 10. The van der Waals surface area contributed by atoms with E-state index in [0.29, 0.717) is 6.61 Å². The van der Waals surface area contributed by atoms with Gasteiger partial charge >= 0.3 is 0 Å². The van der Waals surface area contributed by atoms with Gasteiger partial charge in [0.15, 0.2) is 0 Å². The maximum Gasteiger partial charge on any atom is 0.250 e. The lowest BCUT2D eigenvalue weighted by Crippen LogP contribution is -2.17. The number of nitrogens with zero attached hydrogens (tertiary/aromatic N) is 3. The number of aromatic nitrogens is 3. The summed E-state index contributed by atoms with van der Waals surface area (Å²) in [6, 6.07) is 17.5. The molecule has 0 fully saturated rings. The van der Waals surface area contributed by atoms with Crippen LogP contribution in [-0.2, 0) is 26.4 Å². The smallest absolute Gasteiger partial charge is 0.250 e. The van der Waals surface area contributed by atoms with E-state index in [4.69, 9.17) is 4.74 Å². The average Bonchev–Trinajstić information content (AvgIpc) is 2.83. The van der Waals surface area contributed by atoms with Crippen LogP contribution in [0, 0.1) is 0 Å². The van der Waals surface area contributed by atoms with Crippen molar-refractivity contribution in [2.45, 2.75) is 25.8 Å². The quantitative estimate of drug-likeness (QED) is 0.290. The monoisotopic (exact) mass is 536 g/mol. The summed E-state index contributed by atoms with van der Waals surface area (Å²) < 4.78 is 7.53. The third-order valence-electron chi connectivity index (χ3n) is 5.47. The second-order valence-electron chi connectivity index (χ2n) is 7.85. The first-order valence-electron chi connectivity index (χ1n) is 10.9. The minimum Gasteiger partial charge on any atom is -0.494 e. The number of ether oxygens (including phenoxy) is 1. The number of halogens is 3. The van der Waals surface area contributed by atoms with Crippen molar-refractivity contribution in [3.05, 3.63) is 100 Å². The standard InChI is InChI=1S/C26H28N4O2.3ClH/c1-30-25-9-8-24(17-22(25)6-10-26(30)31)32-15-3-13-28-19-21-11-14-29-23(16-21)7-5-20-4-2-12-27-18-20;;;/h2,4,6,8-12,14,16-18,28H,3,5,7,13,15,19H2,1H3;3*1H. The molecular weight excluding hydrogens is 507 g/mol. The summed E-state index contributed by atoms with van der Waals surface area (Å²) in [7, 11) is 1.78. The molecule has 3 heterocycles. The van der Waals surface area contributed by atoms with E-state index in [9.17, 15) is 4.79 Å². The number of aryl methyl sites for hydroxylation is 3. The minimum atomic E-state index is -0.00736. The second-order valence-corrected chi connectivity index (χ2v) is 7.85. The molecule has 35 heavy (non-hydrogen) atoms. The molecule has 0 spiro atoms. The summed E-state index contributed by atoms with van der Waals surface area (Å²) in [4.78, 5) is 20.4. The first kappa shape index (κ1) is 30.4. The molecule has 0 saturated carbocycles. The van der Waals surface area contributed by atoms with Crippen LogP contribution >= 0.6 is 37.2 Å². The van der Waals surface area contributed by atoms with E-state index in [-0.39, 0.29) is 42.8 Å². The number of nitrogens with one attached hydrogen (secondary N) is 1. The average molecular weight is 538 g/mol. The zero-order valence-electron chi connectivity index (χ0n) is 19.6. The minimum absolute atomic E-state index is 0. The highest BCUT2D eigenvalue weighted by Crippen LogP contribution is 2.19. The molecule has 0 unspecified atom stereocenters. The van der Waals surface area contributed by atoms with Crippen molar-refractivity contribution < 1.29 is 4.74 Å². The number of hydrogen-bond donors (Lipinski definition) is 1. The van der Waals surface area contributed by atoms with E-state index >= 15 is 0 Å². The number of hydrogen-bond acceptors (Lipinski definition) is 5. The lowest BCUT2D eigenvalue weighted by Gasteiger charge is -2.10. The van der Waals surface area contributed by atoms with Crippen LogP contribution in [-0.4, -0.2) is 27.7 Å². The van der Waals surface area contributed by atoms with Crippen LogP contribution in [0.15, 0.2) is 78.0 Å². The van der Waals surface area contributed by atoms with Crippen LogP contribution in [0.25, 0.3) is 10.9 Å². The van der Waals surface area contributed by atoms with Crippen molar-refractivity contribution in [1.29, 1.82) is 0 Å². The largest absolute Gasteiger partial charge is 0.494 e. The summed E-state index contributed by atoms with van der Waals surface area (Å²) in [5, 5.41) is 4.48. The molecule has 1 aromatic carbocycles. The van der Waals surface area contributed by atoms with E-state index < -0.39 is 0 Å². The highest BCUT2D eigenvalue weighted by Gasteiger charge is 2.02. The number of benzene rings is 1. The van der Waals surface area contributed by atoms with Crippen LogP contribution < -0.4 is 15.6 Å². The maximum absolute atomic E-state index is 11.7. The van der Waals surface area contributed by atoms with Crippen LogP contribution in [0.4, 0.5) is 0 Å². The SMILES string of the molecule is Cl.Cl.Cl.Cn1c(=O)ccc2cc(OCCCNCc3ccnc(CCc4cccnc4)c3)ccc21. The van der Waals surface area contributed by atoms with E-state index in [1.165, 1.54) is 11.1 Å². The molecule has 0 radical (unpaired) electrons. The molecule has 4 aromatic rings.